The lowest BCUT2D eigenvalue weighted by Gasteiger charge is -2.07. The van der Waals surface area contributed by atoms with Crippen molar-refractivity contribution in [3.8, 4) is 0 Å². The van der Waals surface area contributed by atoms with E-state index in [1.165, 1.54) is 6.33 Å². The number of carbonyl (C=O) groups is 1. The smallest absolute Gasteiger partial charge is 0.229 e. The summed E-state index contributed by atoms with van der Waals surface area (Å²) in [6.07, 6.45) is 2.31. The van der Waals surface area contributed by atoms with Crippen LogP contribution < -0.4 is 5.32 Å². The van der Waals surface area contributed by atoms with Crippen molar-refractivity contribution < 1.29 is 4.79 Å². The Kier molecular flexibility index (Phi) is 5.64. The molecule has 0 aliphatic heterocycles. The second-order valence-electron chi connectivity index (χ2n) is 5.55. The highest BCUT2D eigenvalue weighted by Crippen LogP contribution is 2.15. The molecule has 0 saturated carbocycles. The van der Waals surface area contributed by atoms with E-state index in [-0.39, 0.29) is 12.3 Å². The number of amides is 1. The lowest BCUT2D eigenvalue weighted by molar-refractivity contribution is -0.115. The van der Waals surface area contributed by atoms with Crippen LogP contribution in [0.5, 0.6) is 0 Å². The van der Waals surface area contributed by atoms with Crippen molar-refractivity contribution in [3.05, 3.63) is 87.8 Å². The summed E-state index contributed by atoms with van der Waals surface area (Å²) in [5, 5.41) is 4.12. The molecule has 1 amide bonds. The van der Waals surface area contributed by atoms with Crippen molar-refractivity contribution in [1.82, 2.24) is 9.97 Å². The first kappa shape index (κ1) is 17.4. The number of aromatic nitrogens is 2. The van der Waals surface area contributed by atoms with Crippen LogP contribution in [-0.4, -0.2) is 15.9 Å². The van der Waals surface area contributed by atoms with Crippen LogP contribution in [0.1, 0.15) is 16.8 Å². The molecule has 4 nitrogen and oxygen atoms in total. The number of hydrogen-bond donors (Lipinski definition) is 1. The average molecular weight is 372 g/mol. The van der Waals surface area contributed by atoms with Gasteiger partial charge in [0.1, 0.15) is 12.1 Å². The highest BCUT2D eigenvalue weighted by atomic mass is 35.5. The van der Waals surface area contributed by atoms with E-state index in [1.54, 1.807) is 18.2 Å². The van der Waals surface area contributed by atoms with Crippen molar-refractivity contribution in [2.24, 2.45) is 0 Å². The van der Waals surface area contributed by atoms with Gasteiger partial charge in [0.2, 0.25) is 5.91 Å². The van der Waals surface area contributed by atoms with Crippen molar-refractivity contribution in [2.75, 3.05) is 5.32 Å². The molecule has 0 saturated heterocycles. The zero-order valence-corrected chi connectivity index (χ0v) is 14.8. The number of halogens is 2. The van der Waals surface area contributed by atoms with Gasteiger partial charge in [0.25, 0.3) is 0 Å². The van der Waals surface area contributed by atoms with E-state index in [1.807, 2.05) is 36.4 Å². The van der Waals surface area contributed by atoms with Crippen molar-refractivity contribution in [1.29, 1.82) is 0 Å². The van der Waals surface area contributed by atoms with Gasteiger partial charge in [-0.3, -0.25) is 4.79 Å². The van der Waals surface area contributed by atoms with Crippen LogP contribution in [0.3, 0.4) is 0 Å². The maximum atomic E-state index is 12.2. The van der Waals surface area contributed by atoms with Crippen molar-refractivity contribution >= 4 is 34.9 Å². The first-order valence-corrected chi connectivity index (χ1v) is 8.44. The van der Waals surface area contributed by atoms with Crippen LogP contribution in [0.25, 0.3) is 0 Å². The lowest BCUT2D eigenvalue weighted by Crippen LogP contribution is -2.15. The molecule has 0 unspecified atom stereocenters. The Morgan fingerprint density at radius 2 is 1.72 bits per heavy atom. The molecule has 0 spiro atoms. The van der Waals surface area contributed by atoms with E-state index in [9.17, 15) is 4.79 Å². The van der Waals surface area contributed by atoms with Crippen molar-refractivity contribution in [2.45, 2.75) is 12.8 Å². The fourth-order valence-electron chi connectivity index (χ4n) is 2.39. The Morgan fingerprint density at radius 3 is 2.48 bits per heavy atom. The molecule has 0 radical (unpaired) electrons. The topological polar surface area (TPSA) is 54.9 Å². The molecule has 1 N–H and O–H groups in total. The molecular weight excluding hydrogens is 357 g/mol. The Hall–Kier alpha value is -2.43. The van der Waals surface area contributed by atoms with Crippen LogP contribution in [0.2, 0.25) is 10.0 Å². The van der Waals surface area contributed by atoms with Gasteiger partial charge in [0, 0.05) is 22.5 Å². The summed E-state index contributed by atoms with van der Waals surface area (Å²) in [5.41, 5.74) is 2.74. The van der Waals surface area contributed by atoms with Gasteiger partial charge in [-0.2, -0.15) is 0 Å². The molecule has 6 heteroatoms. The predicted molar refractivity (Wildman–Crippen MR) is 100 cm³/mol. The zero-order chi connectivity index (χ0) is 17.6. The van der Waals surface area contributed by atoms with E-state index in [0.29, 0.717) is 22.3 Å². The molecule has 0 fully saturated rings. The molecule has 3 rings (SSSR count). The maximum absolute atomic E-state index is 12.2. The van der Waals surface area contributed by atoms with Gasteiger partial charge in [-0.1, -0.05) is 47.5 Å². The summed E-state index contributed by atoms with van der Waals surface area (Å²) in [4.78, 5) is 20.5. The fraction of sp³-hybridized carbons (Fsp3) is 0.105. The number of hydrogen-bond acceptors (Lipinski definition) is 3. The second-order valence-corrected chi connectivity index (χ2v) is 6.43. The molecular formula is C19H15Cl2N3O. The molecule has 3 aromatic rings. The summed E-state index contributed by atoms with van der Waals surface area (Å²) in [5.74, 6) is 0.334. The van der Waals surface area contributed by atoms with E-state index in [0.717, 1.165) is 16.8 Å². The number of benzene rings is 2. The van der Waals surface area contributed by atoms with E-state index < -0.39 is 0 Å². The lowest BCUT2D eigenvalue weighted by atomic mass is 10.1. The predicted octanol–water partition coefficient (Wildman–Crippen LogP) is 4.56. The highest BCUT2D eigenvalue weighted by molar-refractivity contribution is 6.30. The summed E-state index contributed by atoms with van der Waals surface area (Å²) in [6.45, 7) is 0. The van der Waals surface area contributed by atoms with Crippen LogP contribution in [0, 0.1) is 0 Å². The summed E-state index contributed by atoms with van der Waals surface area (Å²) in [6, 6.07) is 16.5. The van der Waals surface area contributed by atoms with E-state index >= 15 is 0 Å². The first-order chi connectivity index (χ1) is 12.1. The van der Waals surface area contributed by atoms with E-state index in [2.05, 4.69) is 15.3 Å². The SMILES string of the molecule is O=C(Cc1ccc(Cl)cc1)Nc1cc(Cc2cccc(Cl)c2)ncn1. The Balaban J connectivity index is 1.64. The highest BCUT2D eigenvalue weighted by Gasteiger charge is 2.07. The van der Waals surface area contributed by atoms with Crippen LogP contribution in [0.4, 0.5) is 5.82 Å². The number of nitrogens with zero attached hydrogens (tertiary/aromatic N) is 2. The Morgan fingerprint density at radius 1 is 0.920 bits per heavy atom. The van der Waals surface area contributed by atoms with Gasteiger partial charge >= 0.3 is 0 Å². The molecule has 25 heavy (non-hydrogen) atoms. The van der Waals surface area contributed by atoms with Gasteiger partial charge in [-0.15, -0.1) is 0 Å². The molecule has 126 valence electrons. The zero-order valence-electron chi connectivity index (χ0n) is 13.2. The monoisotopic (exact) mass is 371 g/mol. The third-order valence-electron chi connectivity index (χ3n) is 3.54. The summed E-state index contributed by atoms with van der Waals surface area (Å²) < 4.78 is 0. The van der Waals surface area contributed by atoms with Crippen LogP contribution in [0.15, 0.2) is 60.9 Å². The molecule has 0 aliphatic rings. The molecule has 0 aliphatic carbocycles. The largest absolute Gasteiger partial charge is 0.310 e. The third-order valence-corrected chi connectivity index (χ3v) is 4.03. The molecule has 1 aromatic heterocycles. The standard InChI is InChI=1S/C19H15Cl2N3O/c20-15-6-4-13(5-7-15)10-19(25)24-18-11-17(22-12-23-18)9-14-2-1-3-16(21)8-14/h1-8,11-12H,9-10H2,(H,22,23,24,25). The van der Waals surface area contributed by atoms with Gasteiger partial charge in [0.05, 0.1) is 12.1 Å². The maximum Gasteiger partial charge on any atom is 0.229 e. The third kappa shape index (κ3) is 5.28. The average Bonchev–Trinajstić information content (AvgIpc) is 2.57. The number of nitrogens with one attached hydrogen (secondary N) is 1. The number of anilines is 1. The van der Waals surface area contributed by atoms with Gasteiger partial charge < -0.3 is 5.32 Å². The van der Waals surface area contributed by atoms with Crippen LogP contribution >= 0.6 is 23.2 Å². The minimum atomic E-state index is -0.144. The fourth-order valence-corrected chi connectivity index (χ4v) is 2.73. The first-order valence-electron chi connectivity index (χ1n) is 7.68. The van der Waals surface area contributed by atoms with Gasteiger partial charge in [0.15, 0.2) is 0 Å². The molecule has 1 heterocycles. The van der Waals surface area contributed by atoms with Crippen LogP contribution in [-0.2, 0) is 17.6 Å². The minimum absolute atomic E-state index is 0.144. The summed E-state index contributed by atoms with van der Waals surface area (Å²) >= 11 is 11.8. The Labute approximate surface area is 155 Å². The Bertz CT molecular complexity index is 882. The van der Waals surface area contributed by atoms with E-state index in [4.69, 9.17) is 23.2 Å². The minimum Gasteiger partial charge on any atom is -0.310 e. The number of rotatable bonds is 5. The van der Waals surface area contributed by atoms with Crippen molar-refractivity contribution in [3.63, 3.8) is 0 Å². The number of carbonyl (C=O) groups excluding carboxylic acids is 1. The summed E-state index contributed by atoms with van der Waals surface area (Å²) in [7, 11) is 0. The van der Waals surface area contributed by atoms with Gasteiger partial charge in [-0.05, 0) is 35.4 Å². The normalized spacial score (nSPS) is 10.5. The molecule has 2 aromatic carbocycles. The molecule has 0 bridgehead atoms. The van der Waals surface area contributed by atoms with Gasteiger partial charge in [-0.25, -0.2) is 9.97 Å². The molecule has 0 atom stereocenters. The second kappa shape index (κ2) is 8.10. The quantitative estimate of drug-likeness (QED) is 0.715.